The zero-order valence-electron chi connectivity index (χ0n) is 10.6. The van der Waals surface area contributed by atoms with Gasteiger partial charge in [0, 0.05) is 5.41 Å². The van der Waals surface area contributed by atoms with Crippen molar-refractivity contribution in [3.8, 4) is 0 Å². The molecule has 0 radical (unpaired) electrons. The Balaban J connectivity index is 3.15. The van der Waals surface area contributed by atoms with Crippen LogP contribution in [0.1, 0.15) is 25.0 Å². The van der Waals surface area contributed by atoms with E-state index >= 15 is 0 Å². The molecule has 0 saturated heterocycles. The highest BCUT2D eigenvalue weighted by atomic mass is 19.1. The number of hydrogen-bond donors (Lipinski definition) is 1. The van der Waals surface area contributed by atoms with Crippen LogP contribution in [0.5, 0.6) is 0 Å². The second-order valence-corrected chi connectivity index (χ2v) is 4.74. The molecule has 1 rings (SSSR count). The molecule has 1 aromatic rings. The Bertz CT molecular complexity index is 409. The lowest BCUT2D eigenvalue weighted by molar-refractivity contribution is -0.143. The summed E-state index contributed by atoms with van der Waals surface area (Å²) in [5.74, 6) is -0.831. The molecule has 0 spiro atoms. The van der Waals surface area contributed by atoms with Crippen molar-refractivity contribution in [1.82, 2.24) is 0 Å². The zero-order chi connectivity index (χ0) is 13.2. The third-order valence-electron chi connectivity index (χ3n) is 3.02. The van der Waals surface area contributed by atoms with E-state index in [0.29, 0.717) is 5.56 Å². The molecule has 0 aromatic heterocycles. The van der Waals surface area contributed by atoms with Crippen molar-refractivity contribution in [2.45, 2.75) is 32.2 Å². The van der Waals surface area contributed by atoms with Gasteiger partial charge in [0.05, 0.1) is 7.11 Å². The van der Waals surface area contributed by atoms with Crippen LogP contribution in [-0.2, 0) is 14.9 Å². The van der Waals surface area contributed by atoms with Crippen LogP contribution >= 0.6 is 0 Å². The number of hydrogen-bond acceptors (Lipinski definition) is 3. The van der Waals surface area contributed by atoms with Crippen molar-refractivity contribution in [1.29, 1.82) is 0 Å². The highest BCUT2D eigenvalue weighted by molar-refractivity contribution is 5.77. The number of methoxy groups -OCH3 is 1. The van der Waals surface area contributed by atoms with Gasteiger partial charge < -0.3 is 10.5 Å². The van der Waals surface area contributed by atoms with Crippen molar-refractivity contribution in [3.05, 3.63) is 35.1 Å². The molecule has 1 aromatic carbocycles. The van der Waals surface area contributed by atoms with Crippen LogP contribution < -0.4 is 5.73 Å². The molecule has 0 aliphatic rings. The van der Waals surface area contributed by atoms with Crippen LogP contribution in [0, 0.1) is 12.7 Å². The third-order valence-corrected chi connectivity index (χ3v) is 3.02. The summed E-state index contributed by atoms with van der Waals surface area (Å²) >= 11 is 0. The van der Waals surface area contributed by atoms with E-state index in [1.165, 1.54) is 19.2 Å². The van der Waals surface area contributed by atoms with E-state index < -0.39 is 17.4 Å². The summed E-state index contributed by atoms with van der Waals surface area (Å²) in [5.41, 5.74) is 6.64. The molecule has 1 atom stereocenters. The fraction of sp³-hybridized carbons (Fsp3) is 0.462. The van der Waals surface area contributed by atoms with E-state index in [1.807, 2.05) is 6.07 Å². The summed E-state index contributed by atoms with van der Waals surface area (Å²) in [5, 5.41) is 0. The van der Waals surface area contributed by atoms with Crippen molar-refractivity contribution in [3.63, 3.8) is 0 Å². The number of halogens is 1. The molecule has 1 unspecified atom stereocenters. The van der Waals surface area contributed by atoms with E-state index in [-0.39, 0.29) is 5.82 Å². The van der Waals surface area contributed by atoms with Gasteiger partial charge >= 0.3 is 5.97 Å². The molecular weight excluding hydrogens is 221 g/mol. The van der Waals surface area contributed by atoms with Gasteiger partial charge in [0.1, 0.15) is 11.9 Å². The Kier molecular flexibility index (Phi) is 3.88. The summed E-state index contributed by atoms with van der Waals surface area (Å²) in [6.45, 7) is 5.39. The first-order valence-electron chi connectivity index (χ1n) is 5.40. The van der Waals surface area contributed by atoms with Gasteiger partial charge in [0.25, 0.3) is 0 Å². The van der Waals surface area contributed by atoms with E-state index in [4.69, 9.17) is 5.73 Å². The second kappa shape index (κ2) is 4.84. The Morgan fingerprint density at radius 1 is 1.41 bits per heavy atom. The molecule has 94 valence electrons. The quantitative estimate of drug-likeness (QED) is 0.820. The summed E-state index contributed by atoms with van der Waals surface area (Å²) in [6.07, 6.45) is 0. The second-order valence-electron chi connectivity index (χ2n) is 4.74. The van der Waals surface area contributed by atoms with Crippen molar-refractivity contribution in [2.24, 2.45) is 5.73 Å². The minimum atomic E-state index is -0.825. The Morgan fingerprint density at radius 2 is 2.00 bits per heavy atom. The molecule has 0 amide bonds. The molecule has 0 aliphatic heterocycles. The fourth-order valence-corrected chi connectivity index (χ4v) is 1.71. The first-order chi connectivity index (χ1) is 7.78. The molecule has 0 saturated carbocycles. The minimum absolute atomic E-state index is 0.329. The number of carbonyl (C=O) groups excluding carboxylic acids is 1. The van der Waals surface area contributed by atoms with E-state index in [1.54, 1.807) is 20.8 Å². The van der Waals surface area contributed by atoms with Crippen molar-refractivity contribution in [2.75, 3.05) is 7.11 Å². The summed E-state index contributed by atoms with van der Waals surface area (Å²) in [4.78, 5) is 11.5. The summed E-state index contributed by atoms with van der Waals surface area (Å²) in [6, 6.07) is 3.83. The molecule has 3 nitrogen and oxygen atoms in total. The maximum atomic E-state index is 13.3. The largest absolute Gasteiger partial charge is 0.468 e. The van der Waals surface area contributed by atoms with Crippen molar-refractivity contribution < 1.29 is 13.9 Å². The van der Waals surface area contributed by atoms with Gasteiger partial charge in [-0.05, 0) is 30.2 Å². The van der Waals surface area contributed by atoms with Crippen LogP contribution in [0.3, 0.4) is 0 Å². The van der Waals surface area contributed by atoms with Gasteiger partial charge in [-0.3, -0.25) is 4.79 Å². The highest BCUT2D eigenvalue weighted by Gasteiger charge is 2.34. The predicted molar refractivity (Wildman–Crippen MR) is 64.2 cm³/mol. The number of carbonyl (C=O) groups is 1. The van der Waals surface area contributed by atoms with Gasteiger partial charge in [-0.15, -0.1) is 0 Å². The lowest BCUT2D eigenvalue weighted by Gasteiger charge is -2.30. The topological polar surface area (TPSA) is 52.3 Å². The van der Waals surface area contributed by atoms with Crippen LogP contribution in [0.15, 0.2) is 18.2 Å². The Morgan fingerprint density at radius 3 is 2.47 bits per heavy atom. The van der Waals surface area contributed by atoms with E-state index in [2.05, 4.69) is 4.74 Å². The average Bonchev–Trinajstić information content (AvgIpc) is 2.25. The smallest absolute Gasteiger partial charge is 0.323 e. The zero-order valence-corrected chi connectivity index (χ0v) is 10.6. The normalized spacial score (nSPS) is 13.3. The maximum absolute atomic E-state index is 13.3. The predicted octanol–water partition coefficient (Wildman–Crippen LogP) is 1.91. The standard InChI is InChI=1S/C13H18FNO2/c1-8-5-9(7-10(14)6-8)13(2,3)11(15)12(16)17-4/h5-7,11H,15H2,1-4H3. The molecule has 0 aliphatic carbocycles. The minimum Gasteiger partial charge on any atom is -0.468 e. The monoisotopic (exact) mass is 239 g/mol. The number of esters is 1. The van der Waals surface area contributed by atoms with Crippen LogP contribution in [0.2, 0.25) is 0 Å². The van der Waals surface area contributed by atoms with Gasteiger partial charge in [-0.2, -0.15) is 0 Å². The fourth-order valence-electron chi connectivity index (χ4n) is 1.71. The number of benzene rings is 1. The Hall–Kier alpha value is -1.42. The van der Waals surface area contributed by atoms with Gasteiger partial charge in [0.2, 0.25) is 0 Å². The van der Waals surface area contributed by atoms with Gasteiger partial charge in [-0.1, -0.05) is 19.9 Å². The summed E-state index contributed by atoms with van der Waals surface area (Å²) in [7, 11) is 1.29. The lowest BCUT2D eigenvalue weighted by Crippen LogP contribution is -2.47. The molecule has 0 fully saturated rings. The number of ether oxygens (including phenoxy) is 1. The molecule has 4 heteroatoms. The maximum Gasteiger partial charge on any atom is 0.323 e. The van der Waals surface area contributed by atoms with E-state index in [9.17, 15) is 9.18 Å². The first kappa shape index (κ1) is 13.6. The van der Waals surface area contributed by atoms with Crippen molar-refractivity contribution >= 4 is 5.97 Å². The molecular formula is C13H18FNO2. The van der Waals surface area contributed by atoms with E-state index in [0.717, 1.165) is 5.56 Å². The van der Waals surface area contributed by atoms with Crippen LogP contribution in [-0.4, -0.2) is 19.1 Å². The number of rotatable bonds is 3. The SMILES string of the molecule is COC(=O)C(N)C(C)(C)c1cc(C)cc(F)c1. The molecule has 0 heterocycles. The van der Waals surface area contributed by atoms with Crippen LogP contribution in [0.25, 0.3) is 0 Å². The lowest BCUT2D eigenvalue weighted by atomic mass is 9.77. The number of aryl methyl sites for hydroxylation is 1. The van der Waals surface area contributed by atoms with Crippen LogP contribution in [0.4, 0.5) is 4.39 Å². The molecule has 2 N–H and O–H groups in total. The highest BCUT2D eigenvalue weighted by Crippen LogP contribution is 2.28. The Labute approximate surface area is 101 Å². The first-order valence-corrected chi connectivity index (χ1v) is 5.40. The van der Waals surface area contributed by atoms with Gasteiger partial charge in [0.15, 0.2) is 0 Å². The van der Waals surface area contributed by atoms with Gasteiger partial charge in [-0.25, -0.2) is 4.39 Å². The average molecular weight is 239 g/mol. The summed E-state index contributed by atoms with van der Waals surface area (Å²) < 4.78 is 18.0. The number of nitrogens with two attached hydrogens (primary N) is 1. The molecule has 17 heavy (non-hydrogen) atoms. The molecule has 0 bridgehead atoms. The third kappa shape index (κ3) is 2.82.